The summed E-state index contributed by atoms with van der Waals surface area (Å²) < 4.78 is 1.87. The van der Waals surface area contributed by atoms with E-state index in [4.69, 9.17) is 0 Å². The van der Waals surface area contributed by atoms with Crippen LogP contribution in [-0.4, -0.2) is 20.2 Å². The zero-order valence-corrected chi connectivity index (χ0v) is 12.7. The molecule has 0 saturated carbocycles. The van der Waals surface area contributed by atoms with Gasteiger partial charge in [0.05, 0.1) is 21.6 Å². The zero-order chi connectivity index (χ0) is 16.4. The van der Waals surface area contributed by atoms with Crippen LogP contribution in [0.1, 0.15) is 12.7 Å². The van der Waals surface area contributed by atoms with Gasteiger partial charge in [-0.3, -0.25) is 15.5 Å². The molecule has 7 nitrogen and oxygen atoms in total. The Morgan fingerprint density at radius 1 is 1.26 bits per heavy atom. The molecule has 0 unspecified atom stereocenters. The van der Waals surface area contributed by atoms with Gasteiger partial charge in [0, 0.05) is 19.2 Å². The number of imidazole rings is 1. The number of hydrogen-bond acceptors (Lipinski definition) is 5. The molecule has 0 radical (unpaired) electrons. The van der Waals surface area contributed by atoms with Gasteiger partial charge in [0.1, 0.15) is 5.71 Å². The highest BCUT2D eigenvalue weighted by Crippen LogP contribution is 2.21. The lowest BCUT2D eigenvalue weighted by Gasteiger charge is -2.03. The molecule has 0 atom stereocenters. The maximum Gasteiger partial charge on any atom is 0.271 e. The van der Waals surface area contributed by atoms with E-state index >= 15 is 0 Å². The SMILES string of the molecule is C/C(=N/Nc1ccccc1)c1nc2cc([N+](=O)[O-])ccc2n1C. The Labute approximate surface area is 132 Å². The Kier molecular flexibility index (Phi) is 3.76. The van der Waals surface area contributed by atoms with Crippen molar-refractivity contribution >= 4 is 28.1 Å². The number of aryl methyl sites for hydroxylation is 1. The number of nitrogens with zero attached hydrogens (tertiary/aromatic N) is 4. The molecule has 1 heterocycles. The van der Waals surface area contributed by atoms with Crippen LogP contribution >= 0.6 is 0 Å². The van der Waals surface area contributed by atoms with Crippen molar-refractivity contribution < 1.29 is 4.92 Å². The maximum atomic E-state index is 10.9. The summed E-state index contributed by atoms with van der Waals surface area (Å²) in [6.45, 7) is 1.84. The molecule has 1 N–H and O–H groups in total. The van der Waals surface area contributed by atoms with Crippen LogP contribution in [0.25, 0.3) is 11.0 Å². The zero-order valence-electron chi connectivity index (χ0n) is 12.7. The first-order chi connectivity index (χ1) is 11.1. The predicted octanol–water partition coefficient (Wildman–Crippen LogP) is 3.32. The van der Waals surface area contributed by atoms with Crippen LogP contribution in [0.5, 0.6) is 0 Å². The first-order valence-electron chi connectivity index (χ1n) is 7.03. The molecule has 0 bridgehead atoms. The van der Waals surface area contributed by atoms with Crippen molar-refractivity contribution in [2.75, 3.05) is 5.43 Å². The lowest BCUT2D eigenvalue weighted by atomic mass is 10.3. The number of nitro benzene ring substituents is 1. The molecule has 116 valence electrons. The number of rotatable bonds is 4. The smallest absolute Gasteiger partial charge is 0.271 e. The number of nitrogens with one attached hydrogen (secondary N) is 1. The number of aromatic nitrogens is 2. The molecule has 7 heteroatoms. The highest BCUT2D eigenvalue weighted by molar-refractivity contribution is 5.99. The molecule has 23 heavy (non-hydrogen) atoms. The van der Waals surface area contributed by atoms with E-state index in [0.29, 0.717) is 17.1 Å². The van der Waals surface area contributed by atoms with E-state index in [1.165, 1.54) is 12.1 Å². The highest BCUT2D eigenvalue weighted by atomic mass is 16.6. The number of para-hydroxylation sites is 1. The summed E-state index contributed by atoms with van der Waals surface area (Å²) in [7, 11) is 1.86. The lowest BCUT2D eigenvalue weighted by Crippen LogP contribution is -2.07. The summed E-state index contributed by atoms with van der Waals surface area (Å²) in [6.07, 6.45) is 0. The first-order valence-corrected chi connectivity index (χ1v) is 7.03. The minimum Gasteiger partial charge on any atom is -0.326 e. The fourth-order valence-electron chi connectivity index (χ4n) is 2.34. The molecule has 0 spiro atoms. The summed E-state index contributed by atoms with van der Waals surface area (Å²) >= 11 is 0. The molecule has 1 aromatic heterocycles. The fourth-order valence-corrected chi connectivity index (χ4v) is 2.34. The molecule has 3 aromatic rings. The summed E-state index contributed by atoms with van der Waals surface area (Å²) in [5.74, 6) is 0.656. The van der Waals surface area contributed by atoms with Crippen LogP contribution in [0.4, 0.5) is 11.4 Å². The van der Waals surface area contributed by atoms with E-state index in [1.807, 2.05) is 48.9 Å². The summed E-state index contributed by atoms with van der Waals surface area (Å²) in [5, 5.41) is 15.2. The fraction of sp³-hybridized carbons (Fsp3) is 0.125. The van der Waals surface area contributed by atoms with Crippen LogP contribution < -0.4 is 5.43 Å². The third kappa shape index (κ3) is 2.89. The Morgan fingerprint density at radius 3 is 2.70 bits per heavy atom. The summed E-state index contributed by atoms with van der Waals surface area (Å²) in [5.41, 5.74) is 5.96. The molecular formula is C16H15N5O2. The van der Waals surface area contributed by atoms with Gasteiger partial charge in [-0.1, -0.05) is 18.2 Å². The molecule has 0 saturated heterocycles. The molecule has 0 aliphatic rings. The average molecular weight is 309 g/mol. The Morgan fingerprint density at radius 2 is 2.00 bits per heavy atom. The molecular weight excluding hydrogens is 294 g/mol. The van der Waals surface area contributed by atoms with E-state index in [9.17, 15) is 10.1 Å². The second-order valence-electron chi connectivity index (χ2n) is 5.10. The van der Waals surface area contributed by atoms with Gasteiger partial charge in [0.15, 0.2) is 5.82 Å². The van der Waals surface area contributed by atoms with Crippen molar-refractivity contribution in [2.45, 2.75) is 6.92 Å². The minimum atomic E-state index is -0.425. The Bertz CT molecular complexity index is 899. The third-order valence-electron chi connectivity index (χ3n) is 3.53. The van der Waals surface area contributed by atoms with Gasteiger partial charge in [-0.05, 0) is 25.1 Å². The third-order valence-corrected chi connectivity index (χ3v) is 3.53. The van der Waals surface area contributed by atoms with Crippen LogP contribution in [0, 0.1) is 10.1 Å². The second kappa shape index (κ2) is 5.88. The number of hydrazone groups is 1. The summed E-state index contributed by atoms with van der Waals surface area (Å²) in [4.78, 5) is 14.9. The molecule has 0 aliphatic carbocycles. The van der Waals surface area contributed by atoms with Gasteiger partial charge in [-0.15, -0.1) is 0 Å². The largest absolute Gasteiger partial charge is 0.326 e. The van der Waals surface area contributed by atoms with E-state index in [1.54, 1.807) is 6.07 Å². The first kappa shape index (κ1) is 14.7. The normalized spacial score (nSPS) is 11.7. The van der Waals surface area contributed by atoms with Crippen molar-refractivity contribution in [1.29, 1.82) is 0 Å². The van der Waals surface area contributed by atoms with Crippen molar-refractivity contribution in [2.24, 2.45) is 12.1 Å². The van der Waals surface area contributed by atoms with E-state index in [2.05, 4.69) is 15.5 Å². The van der Waals surface area contributed by atoms with Crippen LogP contribution in [0.3, 0.4) is 0 Å². The highest BCUT2D eigenvalue weighted by Gasteiger charge is 2.14. The van der Waals surface area contributed by atoms with E-state index in [-0.39, 0.29) is 5.69 Å². The standard InChI is InChI=1S/C16H15N5O2/c1-11(18-19-12-6-4-3-5-7-12)16-17-14-10-13(21(22)23)8-9-15(14)20(16)2/h3-10,19H,1-2H3/b18-11-. The lowest BCUT2D eigenvalue weighted by molar-refractivity contribution is -0.384. The molecule has 0 aliphatic heterocycles. The number of anilines is 1. The monoisotopic (exact) mass is 309 g/mol. The topological polar surface area (TPSA) is 85.3 Å². The number of non-ortho nitro benzene ring substituents is 1. The number of nitro groups is 1. The van der Waals surface area contributed by atoms with Crippen molar-refractivity contribution in [1.82, 2.24) is 9.55 Å². The van der Waals surface area contributed by atoms with E-state index < -0.39 is 4.92 Å². The summed E-state index contributed by atoms with van der Waals surface area (Å²) in [6, 6.07) is 14.2. The van der Waals surface area contributed by atoms with Crippen LogP contribution in [0.2, 0.25) is 0 Å². The van der Waals surface area contributed by atoms with Crippen molar-refractivity contribution in [3.63, 3.8) is 0 Å². The molecule has 2 aromatic carbocycles. The molecule has 3 rings (SSSR count). The van der Waals surface area contributed by atoms with Gasteiger partial charge in [-0.25, -0.2) is 4.98 Å². The van der Waals surface area contributed by atoms with Crippen molar-refractivity contribution in [3.8, 4) is 0 Å². The predicted molar refractivity (Wildman–Crippen MR) is 89.6 cm³/mol. The van der Waals surface area contributed by atoms with Crippen molar-refractivity contribution in [3.05, 3.63) is 64.5 Å². The number of hydrogen-bond donors (Lipinski definition) is 1. The van der Waals surface area contributed by atoms with Gasteiger partial charge < -0.3 is 4.57 Å². The van der Waals surface area contributed by atoms with Gasteiger partial charge in [0.2, 0.25) is 0 Å². The maximum absolute atomic E-state index is 10.9. The van der Waals surface area contributed by atoms with Crippen LogP contribution in [-0.2, 0) is 7.05 Å². The molecule has 0 amide bonds. The Balaban J connectivity index is 1.95. The molecule has 0 fully saturated rings. The quantitative estimate of drug-likeness (QED) is 0.455. The number of fused-ring (bicyclic) bond motifs is 1. The van der Waals surface area contributed by atoms with Gasteiger partial charge in [-0.2, -0.15) is 5.10 Å². The minimum absolute atomic E-state index is 0.0270. The second-order valence-corrected chi connectivity index (χ2v) is 5.10. The number of benzene rings is 2. The van der Waals surface area contributed by atoms with Crippen LogP contribution in [0.15, 0.2) is 53.6 Å². The van der Waals surface area contributed by atoms with E-state index in [0.717, 1.165) is 11.2 Å². The average Bonchev–Trinajstić information content (AvgIpc) is 2.90. The Hall–Kier alpha value is -3.22. The van der Waals surface area contributed by atoms with Gasteiger partial charge in [0.25, 0.3) is 5.69 Å². The van der Waals surface area contributed by atoms with Gasteiger partial charge >= 0.3 is 0 Å².